The van der Waals surface area contributed by atoms with Crippen LogP contribution in [0.1, 0.15) is 18.4 Å². The lowest BCUT2D eigenvalue weighted by Gasteiger charge is -2.22. The molecule has 0 unspecified atom stereocenters. The van der Waals surface area contributed by atoms with Crippen molar-refractivity contribution in [2.45, 2.75) is 19.4 Å². The molecule has 2 heterocycles. The third-order valence-corrected chi connectivity index (χ3v) is 2.80. The summed E-state index contributed by atoms with van der Waals surface area (Å²) < 4.78 is 5.69. The molecule has 0 bridgehead atoms. The van der Waals surface area contributed by atoms with Gasteiger partial charge in [0.2, 0.25) is 0 Å². The van der Waals surface area contributed by atoms with Gasteiger partial charge >= 0.3 is 0 Å². The number of hydrogen-bond donors (Lipinski definition) is 1. The van der Waals surface area contributed by atoms with Crippen molar-refractivity contribution >= 4 is 0 Å². The Labute approximate surface area is 90.9 Å². The minimum absolute atomic E-state index is 0.692. The minimum atomic E-state index is 0.692. The van der Waals surface area contributed by atoms with Gasteiger partial charge < -0.3 is 10.1 Å². The van der Waals surface area contributed by atoms with E-state index in [0.717, 1.165) is 31.2 Å². The third kappa shape index (κ3) is 3.61. The number of aromatic nitrogens is 1. The molecule has 1 saturated heterocycles. The molecule has 0 aromatic carbocycles. The molecule has 15 heavy (non-hydrogen) atoms. The van der Waals surface area contributed by atoms with E-state index >= 15 is 0 Å². The summed E-state index contributed by atoms with van der Waals surface area (Å²) in [7, 11) is 0. The predicted molar refractivity (Wildman–Crippen MR) is 59.5 cm³/mol. The summed E-state index contributed by atoms with van der Waals surface area (Å²) in [6.45, 7) is 3.86. The highest BCUT2D eigenvalue weighted by Crippen LogP contribution is 2.12. The maximum Gasteiger partial charge on any atom is 0.0731 e. The number of pyridine rings is 1. The summed E-state index contributed by atoms with van der Waals surface area (Å²) in [6, 6.07) is 4.00. The van der Waals surface area contributed by atoms with Gasteiger partial charge in [0.05, 0.1) is 6.61 Å². The van der Waals surface area contributed by atoms with E-state index in [1.807, 2.05) is 12.3 Å². The molecule has 1 aromatic rings. The van der Waals surface area contributed by atoms with Gasteiger partial charge in [-0.2, -0.15) is 0 Å². The first-order chi connectivity index (χ1) is 7.45. The Hall–Kier alpha value is -0.930. The second kappa shape index (κ2) is 5.83. The molecular weight excluding hydrogens is 188 g/mol. The second-order valence-corrected chi connectivity index (χ2v) is 4.07. The van der Waals surface area contributed by atoms with E-state index in [1.165, 1.54) is 12.8 Å². The van der Waals surface area contributed by atoms with Crippen LogP contribution < -0.4 is 5.32 Å². The van der Waals surface area contributed by atoms with Gasteiger partial charge in [0, 0.05) is 19.0 Å². The lowest BCUT2D eigenvalue weighted by Crippen LogP contribution is -2.29. The Balaban J connectivity index is 1.66. The summed E-state index contributed by atoms with van der Waals surface area (Å²) in [4.78, 5) is 4.06. The van der Waals surface area contributed by atoms with Gasteiger partial charge in [-0.3, -0.25) is 4.98 Å². The van der Waals surface area contributed by atoms with E-state index in [1.54, 1.807) is 6.20 Å². The van der Waals surface area contributed by atoms with Crippen LogP contribution in [-0.4, -0.2) is 24.7 Å². The van der Waals surface area contributed by atoms with E-state index in [9.17, 15) is 0 Å². The highest BCUT2D eigenvalue weighted by molar-refractivity contribution is 5.06. The van der Waals surface area contributed by atoms with Gasteiger partial charge in [-0.15, -0.1) is 0 Å². The van der Waals surface area contributed by atoms with Crippen LogP contribution in [0, 0.1) is 5.92 Å². The number of rotatable bonds is 4. The molecule has 0 aliphatic carbocycles. The van der Waals surface area contributed by atoms with Gasteiger partial charge in [-0.25, -0.2) is 0 Å². The molecule has 1 N–H and O–H groups in total. The third-order valence-electron chi connectivity index (χ3n) is 2.80. The largest absolute Gasteiger partial charge is 0.376 e. The van der Waals surface area contributed by atoms with Crippen LogP contribution in [0.2, 0.25) is 0 Å². The van der Waals surface area contributed by atoms with E-state index in [0.29, 0.717) is 6.61 Å². The normalized spacial score (nSPS) is 17.9. The molecular formula is C12H18N2O. The average molecular weight is 206 g/mol. The molecule has 3 heteroatoms. The number of piperidine rings is 1. The topological polar surface area (TPSA) is 34.1 Å². The molecule has 0 amide bonds. The molecule has 1 aliphatic heterocycles. The minimum Gasteiger partial charge on any atom is -0.376 e. The van der Waals surface area contributed by atoms with Crippen LogP contribution in [0.5, 0.6) is 0 Å². The predicted octanol–water partition coefficient (Wildman–Crippen LogP) is 1.60. The standard InChI is InChI=1S/C12H18N2O/c1-2-12(8-14-5-1)10-15-9-11-3-6-13-7-4-11/h1-2,5,8,11,13H,3-4,6-7,9-10H2. The zero-order valence-electron chi connectivity index (χ0n) is 8.98. The van der Waals surface area contributed by atoms with Crippen LogP contribution in [0.25, 0.3) is 0 Å². The van der Waals surface area contributed by atoms with Crippen molar-refractivity contribution in [1.29, 1.82) is 0 Å². The number of hydrogen-bond acceptors (Lipinski definition) is 3. The summed E-state index contributed by atoms with van der Waals surface area (Å²) in [5.74, 6) is 0.739. The first-order valence-corrected chi connectivity index (χ1v) is 5.62. The van der Waals surface area contributed by atoms with Crippen molar-refractivity contribution in [3.05, 3.63) is 30.1 Å². The van der Waals surface area contributed by atoms with Crippen LogP contribution in [0.4, 0.5) is 0 Å². The molecule has 2 rings (SSSR count). The Kier molecular flexibility index (Phi) is 4.11. The SMILES string of the molecule is c1cncc(COCC2CCNCC2)c1. The summed E-state index contributed by atoms with van der Waals surface area (Å²) in [5, 5.41) is 3.36. The molecule has 0 saturated carbocycles. The Morgan fingerprint density at radius 1 is 1.40 bits per heavy atom. The Morgan fingerprint density at radius 2 is 2.27 bits per heavy atom. The molecule has 0 radical (unpaired) electrons. The molecule has 0 atom stereocenters. The molecule has 0 spiro atoms. The lowest BCUT2D eigenvalue weighted by atomic mass is 9.99. The second-order valence-electron chi connectivity index (χ2n) is 4.07. The molecule has 1 aromatic heterocycles. The fourth-order valence-corrected chi connectivity index (χ4v) is 1.88. The zero-order valence-corrected chi connectivity index (χ0v) is 8.98. The highest BCUT2D eigenvalue weighted by atomic mass is 16.5. The zero-order chi connectivity index (χ0) is 10.3. The average Bonchev–Trinajstić information content (AvgIpc) is 2.32. The number of ether oxygens (including phenoxy) is 1. The van der Waals surface area contributed by atoms with Crippen LogP contribution in [0.15, 0.2) is 24.5 Å². The van der Waals surface area contributed by atoms with Crippen LogP contribution in [0.3, 0.4) is 0 Å². The number of nitrogens with one attached hydrogen (secondary N) is 1. The first-order valence-electron chi connectivity index (χ1n) is 5.62. The monoisotopic (exact) mass is 206 g/mol. The summed E-state index contributed by atoms with van der Waals surface area (Å²) in [6.07, 6.45) is 6.14. The lowest BCUT2D eigenvalue weighted by molar-refractivity contribution is 0.0762. The fourth-order valence-electron chi connectivity index (χ4n) is 1.88. The summed E-state index contributed by atoms with van der Waals surface area (Å²) in [5.41, 5.74) is 1.16. The van der Waals surface area contributed by atoms with Crippen LogP contribution >= 0.6 is 0 Å². The molecule has 82 valence electrons. The fraction of sp³-hybridized carbons (Fsp3) is 0.583. The Bertz CT molecular complexity index is 270. The van der Waals surface area contributed by atoms with E-state index in [-0.39, 0.29) is 0 Å². The van der Waals surface area contributed by atoms with Crippen molar-refractivity contribution < 1.29 is 4.74 Å². The van der Waals surface area contributed by atoms with Crippen molar-refractivity contribution in [3.8, 4) is 0 Å². The Morgan fingerprint density at radius 3 is 3.00 bits per heavy atom. The van der Waals surface area contributed by atoms with Gasteiger partial charge in [0.1, 0.15) is 0 Å². The maximum atomic E-state index is 5.69. The van der Waals surface area contributed by atoms with Crippen molar-refractivity contribution in [1.82, 2.24) is 10.3 Å². The van der Waals surface area contributed by atoms with E-state index < -0.39 is 0 Å². The quantitative estimate of drug-likeness (QED) is 0.812. The van der Waals surface area contributed by atoms with Gasteiger partial charge in [-0.1, -0.05) is 6.07 Å². The van der Waals surface area contributed by atoms with Crippen molar-refractivity contribution in [2.75, 3.05) is 19.7 Å². The van der Waals surface area contributed by atoms with E-state index in [2.05, 4.69) is 16.4 Å². The molecule has 1 fully saturated rings. The van der Waals surface area contributed by atoms with E-state index in [4.69, 9.17) is 4.74 Å². The van der Waals surface area contributed by atoms with Gasteiger partial charge in [-0.05, 0) is 43.5 Å². The smallest absolute Gasteiger partial charge is 0.0731 e. The van der Waals surface area contributed by atoms with Gasteiger partial charge in [0.15, 0.2) is 0 Å². The summed E-state index contributed by atoms with van der Waals surface area (Å²) >= 11 is 0. The highest BCUT2D eigenvalue weighted by Gasteiger charge is 2.12. The van der Waals surface area contributed by atoms with Gasteiger partial charge in [0.25, 0.3) is 0 Å². The van der Waals surface area contributed by atoms with Crippen molar-refractivity contribution in [3.63, 3.8) is 0 Å². The van der Waals surface area contributed by atoms with Crippen molar-refractivity contribution in [2.24, 2.45) is 5.92 Å². The molecule has 1 aliphatic rings. The molecule has 3 nitrogen and oxygen atoms in total. The number of nitrogens with zero attached hydrogens (tertiary/aromatic N) is 1. The van der Waals surface area contributed by atoms with Crippen LogP contribution in [-0.2, 0) is 11.3 Å². The maximum absolute atomic E-state index is 5.69. The first kappa shape index (κ1) is 10.6.